The number of carbonyl (C=O) groups is 2. The van der Waals surface area contributed by atoms with E-state index in [9.17, 15) is 22.8 Å². The SMILES string of the molecule is CC(=O)N(CC(=O)Nc1cc(C)ccc1C)c1cccc(C(F)(F)F)c1. The van der Waals surface area contributed by atoms with Gasteiger partial charge in [0.15, 0.2) is 0 Å². The number of aryl methyl sites for hydroxylation is 2. The second kappa shape index (κ2) is 7.59. The summed E-state index contributed by atoms with van der Waals surface area (Å²) in [5.74, 6) is -1.02. The van der Waals surface area contributed by atoms with Crippen molar-refractivity contribution >= 4 is 23.2 Å². The van der Waals surface area contributed by atoms with Crippen molar-refractivity contribution in [1.82, 2.24) is 0 Å². The summed E-state index contributed by atoms with van der Waals surface area (Å²) in [5.41, 5.74) is 1.53. The standard InChI is InChI=1S/C19H19F3N2O2/c1-12-7-8-13(2)17(9-12)23-18(26)11-24(14(3)25)16-6-4-5-15(10-16)19(20,21)22/h4-10H,11H2,1-3H3,(H,23,26). The third kappa shape index (κ3) is 4.84. The molecule has 4 nitrogen and oxygen atoms in total. The molecule has 0 aliphatic carbocycles. The van der Waals surface area contributed by atoms with Gasteiger partial charge < -0.3 is 10.2 Å². The smallest absolute Gasteiger partial charge is 0.324 e. The lowest BCUT2D eigenvalue weighted by Gasteiger charge is -2.22. The van der Waals surface area contributed by atoms with Gasteiger partial charge in [0, 0.05) is 18.3 Å². The van der Waals surface area contributed by atoms with Crippen LogP contribution in [0.15, 0.2) is 42.5 Å². The Balaban J connectivity index is 2.22. The number of nitrogens with zero attached hydrogens (tertiary/aromatic N) is 1. The lowest BCUT2D eigenvalue weighted by Crippen LogP contribution is -2.37. The molecule has 0 spiro atoms. The second-order valence-electron chi connectivity index (χ2n) is 6.02. The normalized spacial score (nSPS) is 11.2. The molecule has 0 radical (unpaired) electrons. The van der Waals surface area contributed by atoms with Crippen molar-refractivity contribution in [2.24, 2.45) is 0 Å². The Labute approximate surface area is 149 Å². The summed E-state index contributed by atoms with van der Waals surface area (Å²) in [7, 11) is 0. The third-order valence-corrected chi connectivity index (χ3v) is 3.83. The number of alkyl halides is 3. The summed E-state index contributed by atoms with van der Waals surface area (Å²) < 4.78 is 38.6. The summed E-state index contributed by atoms with van der Waals surface area (Å²) in [6.45, 7) is 4.51. The van der Waals surface area contributed by atoms with E-state index in [-0.39, 0.29) is 12.2 Å². The average Bonchev–Trinajstić information content (AvgIpc) is 2.55. The predicted octanol–water partition coefficient (Wildman–Crippen LogP) is 4.31. The Bertz CT molecular complexity index is 832. The number of rotatable bonds is 4. The number of hydrogen-bond donors (Lipinski definition) is 1. The topological polar surface area (TPSA) is 49.4 Å². The summed E-state index contributed by atoms with van der Waals surface area (Å²) >= 11 is 0. The zero-order chi connectivity index (χ0) is 19.5. The van der Waals surface area contributed by atoms with Crippen LogP contribution < -0.4 is 10.2 Å². The highest BCUT2D eigenvalue weighted by Gasteiger charge is 2.31. The molecule has 138 valence electrons. The molecule has 0 aromatic heterocycles. The molecule has 1 N–H and O–H groups in total. The third-order valence-electron chi connectivity index (χ3n) is 3.83. The van der Waals surface area contributed by atoms with Gasteiger partial charge >= 0.3 is 6.18 Å². The predicted molar refractivity (Wildman–Crippen MR) is 94.0 cm³/mol. The first-order valence-corrected chi connectivity index (χ1v) is 7.90. The van der Waals surface area contributed by atoms with E-state index in [1.165, 1.54) is 19.1 Å². The molecule has 0 atom stereocenters. The van der Waals surface area contributed by atoms with Crippen LogP contribution in [0, 0.1) is 13.8 Å². The van der Waals surface area contributed by atoms with Crippen LogP contribution in [0.5, 0.6) is 0 Å². The minimum Gasteiger partial charge on any atom is -0.324 e. The van der Waals surface area contributed by atoms with Gasteiger partial charge in [-0.25, -0.2) is 0 Å². The van der Waals surface area contributed by atoms with Crippen LogP contribution in [0.25, 0.3) is 0 Å². The van der Waals surface area contributed by atoms with Crippen molar-refractivity contribution in [3.05, 3.63) is 59.2 Å². The zero-order valence-electron chi connectivity index (χ0n) is 14.6. The van der Waals surface area contributed by atoms with E-state index in [0.29, 0.717) is 5.69 Å². The molecule has 2 rings (SSSR count). The number of benzene rings is 2. The molecule has 26 heavy (non-hydrogen) atoms. The van der Waals surface area contributed by atoms with Gasteiger partial charge in [-0.3, -0.25) is 9.59 Å². The molecule has 0 bridgehead atoms. The number of carbonyl (C=O) groups excluding carboxylic acids is 2. The fraction of sp³-hybridized carbons (Fsp3) is 0.263. The molecule has 0 aliphatic rings. The monoisotopic (exact) mass is 364 g/mol. The first-order valence-electron chi connectivity index (χ1n) is 7.90. The van der Waals surface area contributed by atoms with E-state index in [4.69, 9.17) is 0 Å². The van der Waals surface area contributed by atoms with Gasteiger partial charge in [0.1, 0.15) is 6.54 Å². The summed E-state index contributed by atoms with van der Waals surface area (Å²) in [6, 6.07) is 9.87. The Kier molecular flexibility index (Phi) is 5.69. The van der Waals surface area contributed by atoms with E-state index in [0.717, 1.165) is 28.2 Å². The number of nitrogens with one attached hydrogen (secondary N) is 1. The van der Waals surface area contributed by atoms with Crippen LogP contribution in [-0.2, 0) is 15.8 Å². The largest absolute Gasteiger partial charge is 0.416 e. The Morgan fingerprint density at radius 1 is 1.08 bits per heavy atom. The van der Waals surface area contributed by atoms with E-state index in [2.05, 4.69) is 5.32 Å². The average molecular weight is 364 g/mol. The van der Waals surface area contributed by atoms with Crippen LogP contribution in [0.4, 0.5) is 24.5 Å². The second-order valence-corrected chi connectivity index (χ2v) is 6.02. The number of amides is 2. The highest BCUT2D eigenvalue weighted by atomic mass is 19.4. The maximum atomic E-state index is 12.9. The Morgan fingerprint density at radius 2 is 1.77 bits per heavy atom. The molecule has 0 heterocycles. The molecule has 0 unspecified atom stereocenters. The number of halogens is 3. The molecular formula is C19H19F3N2O2. The fourth-order valence-electron chi connectivity index (χ4n) is 2.44. The van der Waals surface area contributed by atoms with Gasteiger partial charge in [-0.2, -0.15) is 13.2 Å². The minimum atomic E-state index is -4.53. The Morgan fingerprint density at radius 3 is 2.38 bits per heavy atom. The fourth-order valence-corrected chi connectivity index (χ4v) is 2.44. The van der Waals surface area contributed by atoms with E-state index in [1.54, 1.807) is 6.07 Å². The van der Waals surface area contributed by atoms with Crippen molar-refractivity contribution in [3.63, 3.8) is 0 Å². The molecule has 2 aromatic carbocycles. The number of hydrogen-bond acceptors (Lipinski definition) is 2. The van der Waals surface area contributed by atoms with Crippen molar-refractivity contribution in [2.45, 2.75) is 26.9 Å². The van der Waals surface area contributed by atoms with Gasteiger partial charge in [-0.15, -0.1) is 0 Å². The van der Waals surface area contributed by atoms with E-state index >= 15 is 0 Å². The van der Waals surface area contributed by atoms with Crippen molar-refractivity contribution in [2.75, 3.05) is 16.8 Å². The first-order chi connectivity index (χ1) is 12.1. The zero-order valence-corrected chi connectivity index (χ0v) is 14.6. The van der Waals surface area contributed by atoms with Crippen LogP contribution >= 0.6 is 0 Å². The maximum absolute atomic E-state index is 12.9. The van der Waals surface area contributed by atoms with Crippen molar-refractivity contribution in [3.8, 4) is 0 Å². The van der Waals surface area contributed by atoms with Crippen LogP contribution in [0.1, 0.15) is 23.6 Å². The van der Waals surface area contributed by atoms with Crippen LogP contribution in [0.2, 0.25) is 0 Å². The highest BCUT2D eigenvalue weighted by molar-refractivity contribution is 6.02. The Hall–Kier alpha value is -2.83. The highest BCUT2D eigenvalue weighted by Crippen LogP contribution is 2.31. The van der Waals surface area contributed by atoms with Gasteiger partial charge in [0.25, 0.3) is 0 Å². The molecule has 2 amide bonds. The van der Waals surface area contributed by atoms with Gasteiger partial charge in [-0.05, 0) is 49.2 Å². The van der Waals surface area contributed by atoms with E-state index < -0.39 is 23.6 Å². The van der Waals surface area contributed by atoms with Gasteiger partial charge in [-0.1, -0.05) is 18.2 Å². The van der Waals surface area contributed by atoms with Crippen LogP contribution in [0.3, 0.4) is 0 Å². The van der Waals surface area contributed by atoms with Crippen molar-refractivity contribution < 1.29 is 22.8 Å². The molecule has 0 aliphatic heterocycles. The van der Waals surface area contributed by atoms with Gasteiger partial charge in [0.2, 0.25) is 11.8 Å². The number of anilines is 2. The van der Waals surface area contributed by atoms with Gasteiger partial charge in [0.05, 0.1) is 5.56 Å². The lowest BCUT2D eigenvalue weighted by molar-refractivity contribution is -0.137. The molecule has 0 saturated heterocycles. The molecular weight excluding hydrogens is 345 g/mol. The molecule has 0 fully saturated rings. The van der Waals surface area contributed by atoms with Crippen molar-refractivity contribution in [1.29, 1.82) is 0 Å². The summed E-state index contributed by atoms with van der Waals surface area (Å²) in [4.78, 5) is 25.2. The summed E-state index contributed by atoms with van der Waals surface area (Å²) in [6.07, 6.45) is -4.53. The summed E-state index contributed by atoms with van der Waals surface area (Å²) in [5, 5.41) is 2.70. The first kappa shape index (κ1) is 19.5. The van der Waals surface area contributed by atoms with Crippen LogP contribution in [-0.4, -0.2) is 18.4 Å². The van der Waals surface area contributed by atoms with E-state index in [1.807, 2.05) is 26.0 Å². The lowest BCUT2D eigenvalue weighted by atomic mass is 10.1. The quantitative estimate of drug-likeness (QED) is 0.879. The molecule has 7 heteroatoms. The molecule has 2 aromatic rings. The maximum Gasteiger partial charge on any atom is 0.416 e. The minimum absolute atomic E-state index is 0.0171. The molecule has 0 saturated carbocycles.